The summed E-state index contributed by atoms with van der Waals surface area (Å²) in [5, 5.41) is 16.3. The molecule has 1 N–H and O–H groups in total. The lowest BCUT2D eigenvalue weighted by Gasteiger charge is -2.02. The molecule has 5 nitrogen and oxygen atoms in total. The van der Waals surface area contributed by atoms with Crippen LogP contribution in [0.5, 0.6) is 5.75 Å². The molecule has 0 aliphatic rings. The summed E-state index contributed by atoms with van der Waals surface area (Å²) in [6.07, 6.45) is 3.25. The van der Waals surface area contributed by atoms with Gasteiger partial charge in [-0.15, -0.1) is 11.3 Å². The molecule has 0 bridgehead atoms. The molecular formula is C17H17N3O2S. The van der Waals surface area contributed by atoms with Crippen LogP contribution in [0, 0.1) is 0 Å². The van der Waals surface area contributed by atoms with Crippen molar-refractivity contribution in [1.29, 1.82) is 0 Å². The molecule has 0 saturated carbocycles. The highest BCUT2D eigenvalue weighted by Gasteiger charge is 2.10. The van der Waals surface area contributed by atoms with Crippen LogP contribution in [0.15, 0.2) is 62.6 Å². The predicted molar refractivity (Wildman–Crippen MR) is 91.8 cm³/mol. The van der Waals surface area contributed by atoms with Crippen LogP contribution < -0.4 is 4.80 Å². The summed E-state index contributed by atoms with van der Waals surface area (Å²) in [5.74, 6) is 0.912. The summed E-state index contributed by atoms with van der Waals surface area (Å²) in [6.45, 7) is 4.03. The number of furan rings is 1. The summed E-state index contributed by atoms with van der Waals surface area (Å²) < 4.78 is 7.21. The zero-order chi connectivity index (χ0) is 16.2. The minimum Gasteiger partial charge on any atom is -0.507 e. The average Bonchev–Trinajstić information content (AvgIpc) is 3.15. The van der Waals surface area contributed by atoms with Gasteiger partial charge in [-0.25, -0.2) is 4.68 Å². The fourth-order valence-corrected chi connectivity index (χ4v) is 2.98. The molecule has 6 heteroatoms. The molecule has 0 aliphatic carbocycles. The standard InChI is InChI=1S/C17H17N3O2S/c1-12(2)19-17-20(14(11-23-17)16-8-5-9-22-16)18-10-13-6-3-4-7-15(13)21/h3-12,21H,1-2H3. The first kappa shape index (κ1) is 15.3. The van der Waals surface area contributed by atoms with E-state index in [0.29, 0.717) is 5.56 Å². The second-order valence-corrected chi connectivity index (χ2v) is 6.06. The van der Waals surface area contributed by atoms with Crippen LogP contribution in [0.2, 0.25) is 0 Å². The maximum Gasteiger partial charge on any atom is 0.206 e. The minimum atomic E-state index is 0.157. The number of phenolic OH excluding ortho intramolecular Hbond substituents is 1. The van der Waals surface area contributed by atoms with Gasteiger partial charge < -0.3 is 9.52 Å². The number of benzene rings is 1. The SMILES string of the molecule is CC(C)N=c1scc(-c2ccco2)n1N=Cc1ccccc1O. The smallest absolute Gasteiger partial charge is 0.206 e. The Balaban J connectivity index is 2.09. The van der Waals surface area contributed by atoms with Gasteiger partial charge in [0.05, 0.1) is 12.5 Å². The van der Waals surface area contributed by atoms with Gasteiger partial charge in [0.1, 0.15) is 11.4 Å². The topological polar surface area (TPSA) is 63.0 Å². The van der Waals surface area contributed by atoms with Gasteiger partial charge >= 0.3 is 0 Å². The first-order chi connectivity index (χ1) is 11.1. The first-order valence-corrected chi connectivity index (χ1v) is 8.13. The summed E-state index contributed by atoms with van der Waals surface area (Å²) in [5.41, 5.74) is 1.47. The van der Waals surface area contributed by atoms with Crippen molar-refractivity contribution in [3.05, 3.63) is 58.4 Å². The van der Waals surface area contributed by atoms with Crippen molar-refractivity contribution in [3.63, 3.8) is 0 Å². The summed E-state index contributed by atoms with van der Waals surface area (Å²) in [4.78, 5) is 5.36. The van der Waals surface area contributed by atoms with Crippen molar-refractivity contribution in [3.8, 4) is 17.2 Å². The lowest BCUT2D eigenvalue weighted by molar-refractivity contribution is 0.474. The van der Waals surface area contributed by atoms with E-state index >= 15 is 0 Å². The van der Waals surface area contributed by atoms with Crippen molar-refractivity contribution in [1.82, 2.24) is 4.68 Å². The van der Waals surface area contributed by atoms with Gasteiger partial charge in [-0.2, -0.15) is 5.10 Å². The molecular weight excluding hydrogens is 310 g/mol. The Morgan fingerprint density at radius 3 is 2.74 bits per heavy atom. The average molecular weight is 327 g/mol. The number of para-hydroxylation sites is 1. The number of hydrogen-bond acceptors (Lipinski definition) is 5. The Bertz CT molecular complexity index is 873. The quantitative estimate of drug-likeness (QED) is 0.743. The zero-order valence-electron chi connectivity index (χ0n) is 12.9. The van der Waals surface area contributed by atoms with E-state index in [1.807, 2.05) is 37.4 Å². The van der Waals surface area contributed by atoms with E-state index < -0.39 is 0 Å². The van der Waals surface area contributed by atoms with Gasteiger partial charge in [0.2, 0.25) is 4.80 Å². The number of rotatable bonds is 4. The van der Waals surface area contributed by atoms with Crippen molar-refractivity contribution in [2.45, 2.75) is 19.9 Å². The Hall–Kier alpha value is -2.60. The number of phenols is 1. The molecule has 3 rings (SSSR count). The van der Waals surface area contributed by atoms with Gasteiger partial charge in [-0.05, 0) is 38.1 Å². The van der Waals surface area contributed by atoms with E-state index in [2.05, 4.69) is 10.1 Å². The molecule has 3 aromatic rings. The molecule has 23 heavy (non-hydrogen) atoms. The highest BCUT2D eigenvalue weighted by atomic mass is 32.1. The molecule has 0 radical (unpaired) electrons. The molecule has 2 heterocycles. The fraction of sp³-hybridized carbons (Fsp3) is 0.176. The number of aromatic nitrogens is 1. The van der Waals surface area contributed by atoms with Gasteiger partial charge in [-0.1, -0.05) is 12.1 Å². The molecule has 2 aromatic heterocycles. The van der Waals surface area contributed by atoms with E-state index in [4.69, 9.17) is 4.42 Å². The second-order valence-electron chi connectivity index (χ2n) is 5.22. The normalized spacial score (nSPS) is 12.6. The number of thiazole rings is 1. The molecule has 0 aliphatic heterocycles. The Morgan fingerprint density at radius 1 is 1.22 bits per heavy atom. The second kappa shape index (κ2) is 6.66. The van der Waals surface area contributed by atoms with Crippen LogP contribution in [0.3, 0.4) is 0 Å². The maximum absolute atomic E-state index is 9.87. The molecule has 0 unspecified atom stereocenters. The fourth-order valence-electron chi connectivity index (χ4n) is 2.03. The minimum absolute atomic E-state index is 0.157. The lowest BCUT2D eigenvalue weighted by Crippen LogP contribution is -2.14. The van der Waals surface area contributed by atoms with Crippen LogP contribution in [0.4, 0.5) is 0 Å². The van der Waals surface area contributed by atoms with Crippen LogP contribution in [0.1, 0.15) is 19.4 Å². The van der Waals surface area contributed by atoms with Gasteiger partial charge in [0.15, 0.2) is 5.76 Å². The molecule has 1 aromatic carbocycles. The molecule has 0 fully saturated rings. The van der Waals surface area contributed by atoms with Crippen LogP contribution in [-0.4, -0.2) is 22.0 Å². The molecule has 0 saturated heterocycles. The molecule has 118 valence electrons. The molecule has 0 spiro atoms. The van der Waals surface area contributed by atoms with Crippen LogP contribution in [0.25, 0.3) is 11.5 Å². The van der Waals surface area contributed by atoms with E-state index in [0.717, 1.165) is 16.3 Å². The van der Waals surface area contributed by atoms with Gasteiger partial charge in [0, 0.05) is 17.0 Å². The van der Waals surface area contributed by atoms with Crippen molar-refractivity contribution >= 4 is 17.6 Å². The van der Waals surface area contributed by atoms with E-state index in [-0.39, 0.29) is 11.8 Å². The Morgan fingerprint density at radius 2 is 2.04 bits per heavy atom. The number of aromatic hydroxyl groups is 1. The third-order valence-electron chi connectivity index (χ3n) is 3.08. The summed E-state index contributed by atoms with van der Waals surface area (Å²) >= 11 is 1.50. The van der Waals surface area contributed by atoms with Crippen molar-refractivity contribution in [2.24, 2.45) is 10.1 Å². The van der Waals surface area contributed by atoms with Crippen molar-refractivity contribution in [2.75, 3.05) is 0 Å². The third kappa shape index (κ3) is 3.43. The first-order valence-electron chi connectivity index (χ1n) is 7.26. The van der Waals surface area contributed by atoms with Crippen LogP contribution >= 0.6 is 11.3 Å². The van der Waals surface area contributed by atoms with Crippen LogP contribution in [-0.2, 0) is 0 Å². The number of nitrogens with zero attached hydrogens (tertiary/aromatic N) is 3. The van der Waals surface area contributed by atoms with Crippen molar-refractivity contribution < 1.29 is 9.52 Å². The zero-order valence-corrected chi connectivity index (χ0v) is 13.7. The summed E-state index contributed by atoms with van der Waals surface area (Å²) in [6, 6.07) is 10.9. The molecule has 0 amide bonds. The number of hydrogen-bond donors (Lipinski definition) is 1. The Kier molecular flexibility index (Phi) is 4.43. The van der Waals surface area contributed by atoms with E-state index in [9.17, 15) is 5.11 Å². The highest BCUT2D eigenvalue weighted by Crippen LogP contribution is 2.21. The predicted octanol–water partition coefficient (Wildman–Crippen LogP) is 3.71. The van der Waals surface area contributed by atoms with E-state index in [1.165, 1.54) is 11.3 Å². The van der Waals surface area contributed by atoms with E-state index in [1.54, 1.807) is 35.4 Å². The maximum atomic E-state index is 9.87. The highest BCUT2D eigenvalue weighted by molar-refractivity contribution is 7.07. The lowest BCUT2D eigenvalue weighted by atomic mass is 10.2. The largest absolute Gasteiger partial charge is 0.507 e. The Labute approximate surface area is 137 Å². The van der Waals surface area contributed by atoms with Gasteiger partial charge in [-0.3, -0.25) is 4.99 Å². The molecule has 0 atom stereocenters. The summed E-state index contributed by atoms with van der Waals surface area (Å²) in [7, 11) is 0. The monoisotopic (exact) mass is 327 g/mol. The third-order valence-corrected chi connectivity index (χ3v) is 3.91. The van der Waals surface area contributed by atoms with Gasteiger partial charge in [0.25, 0.3) is 0 Å².